The lowest BCUT2D eigenvalue weighted by Crippen LogP contribution is -2.49. The van der Waals surface area contributed by atoms with E-state index in [1.807, 2.05) is 38.1 Å². The van der Waals surface area contributed by atoms with E-state index >= 15 is 0 Å². The Kier molecular flexibility index (Phi) is 7.73. The third-order valence-electron chi connectivity index (χ3n) is 7.40. The highest BCUT2D eigenvalue weighted by Crippen LogP contribution is 2.44. The number of carboxylic acids is 1. The molecule has 0 saturated carbocycles. The predicted molar refractivity (Wildman–Crippen MR) is 133 cm³/mol. The van der Waals surface area contributed by atoms with Gasteiger partial charge in [0.1, 0.15) is 6.61 Å². The van der Waals surface area contributed by atoms with Crippen LogP contribution in [0, 0.1) is 11.8 Å². The number of hydrogen-bond acceptors (Lipinski definition) is 4. The van der Waals surface area contributed by atoms with Crippen LogP contribution >= 0.6 is 0 Å². The molecule has 35 heavy (non-hydrogen) atoms. The van der Waals surface area contributed by atoms with Gasteiger partial charge in [-0.1, -0.05) is 55.5 Å². The first-order valence-corrected chi connectivity index (χ1v) is 12.5. The van der Waals surface area contributed by atoms with Gasteiger partial charge in [0.2, 0.25) is 5.91 Å². The zero-order valence-corrected chi connectivity index (χ0v) is 20.4. The number of benzene rings is 2. The van der Waals surface area contributed by atoms with Crippen molar-refractivity contribution in [3.05, 3.63) is 59.7 Å². The van der Waals surface area contributed by atoms with E-state index in [-0.39, 0.29) is 30.4 Å². The first kappa shape index (κ1) is 24.8. The van der Waals surface area contributed by atoms with Crippen molar-refractivity contribution in [3.8, 4) is 11.1 Å². The molecule has 2 amide bonds. The number of piperidine rings is 1. The van der Waals surface area contributed by atoms with E-state index < -0.39 is 18.0 Å². The summed E-state index contributed by atoms with van der Waals surface area (Å²) in [5.41, 5.74) is 4.72. The fourth-order valence-corrected chi connectivity index (χ4v) is 5.41. The maximum Gasteiger partial charge on any atom is 0.407 e. The van der Waals surface area contributed by atoms with Crippen LogP contribution < -0.4 is 5.32 Å². The lowest BCUT2D eigenvalue weighted by atomic mass is 9.89. The van der Waals surface area contributed by atoms with Crippen molar-refractivity contribution >= 4 is 18.0 Å². The van der Waals surface area contributed by atoms with Crippen LogP contribution in [0.1, 0.15) is 56.6 Å². The van der Waals surface area contributed by atoms with Gasteiger partial charge in [-0.05, 0) is 54.4 Å². The lowest BCUT2D eigenvalue weighted by Gasteiger charge is -2.38. The van der Waals surface area contributed by atoms with E-state index in [2.05, 4.69) is 29.6 Å². The van der Waals surface area contributed by atoms with E-state index in [0.29, 0.717) is 38.8 Å². The Bertz CT molecular complexity index is 1040. The average Bonchev–Trinajstić information content (AvgIpc) is 3.16. The Hall–Kier alpha value is -3.35. The van der Waals surface area contributed by atoms with Gasteiger partial charge in [-0.15, -0.1) is 0 Å². The molecule has 3 atom stereocenters. The number of carbonyl (C=O) groups is 3. The fourth-order valence-electron chi connectivity index (χ4n) is 5.41. The Morgan fingerprint density at radius 3 is 2.34 bits per heavy atom. The number of fused-ring (bicyclic) bond motifs is 3. The van der Waals surface area contributed by atoms with Gasteiger partial charge >= 0.3 is 12.1 Å². The van der Waals surface area contributed by atoms with Crippen LogP contribution in [0.15, 0.2) is 48.5 Å². The van der Waals surface area contributed by atoms with Crippen molar-refractivity contribution in [1.82, 2.24) is 10.2 Å². The Labute approximate surface area is 206 Å². The molecule has 1 fully saturated rings. The quantitative estimate of drug-likeness (QED) is 0.576. The molecule has 7 heteroatoms. The summed E-state index contributed by atoms with van der Waals surface area (Å²) in [6, 6.07) is 16.1. The van der Waals surface area contributed by atoms with Crippen LogP contribution in [0.25, 0.3) is 11.1 Å². The number of nitrogens with zero attached hydrogens (tertiary/aromatic N) is 1. The molecule has 7 nitrogen and oxygen atoms in total. The van der Waals surface area contributed by atoms with Gasteiger partial charge in [-0.25, -0.2) is 4.79 Å². The maximum absolute atomic E-state index is 12.8. The highest BCUT2D eigenvalue weighted by atomic mass is 16.5. The van der Waals surface area contributed by atoms with E-state index in [1.165, 1.54) is 22.3 Å². The third-order valence-corrected chi connectivity index (χ3v) is 7.40. The summed E-state index contributed by atoms with van der Waals surface area (Å²) in [7, 11) is 0. The maximum atomic E-state index is 12.8. The largest absolute Gasteiger partial charge is 0.481 e. The number of nitrogens with one attached hydrogen (secondary N) is 1. The summed E-state index contributed by atoms with van der Waals surface area (Å²) in [5.74, 6) is -1.27. The number of carboxylic acid groups (broad SMARTS) is 1. The molecular formula is C28H34N2O5. The van der Waals surface area contributed by atoms with Gasteiger partial charge in [0.05, 0.1) is 5.92 Å². The molecule has 1 aliphatic heterocycles. The van der Waals surface area contributed by atoms with Gasteiger partial charge in [0.15, 0.2) is 0 Å². The minimum Gasteiger partial charge on any atom is -0.481 e. The summed E-state index contributed by atoms with van der Waals surface area (Å²) >= 11 is 0. The van der Waals surface area contributed by atoms with Crippen molar-refractivity contribution in [2.45, 2.75) is 51.5 Å². The number of alkyl carbamates (subject to hydrolysis) is 1. The molecule has 0 aromatic heterocycles. The van der Waals surface area contributed by atoms with Gasteiger partial charge in [-0.3, -0.25) is 9.59 Å². The van der Waals surface area contributed by atoms with Crippen LogP contribution in [0.3, 0.4) is 0 Å². The molecule has 1 saturated heterocycles. The standard InChI is InChI=1S/C28H34N2O5/c1-18(16-26(31)30-15-7-12-20(19(30)2)27(32)33)13-14-29-28(34)35-17-25-23-10-5-3-8-21(23)22-9-4-6-11-24(22)25/h3-6,8-11,18-20,25H,7,12-17H2,1-2H3,(H,29,34)(H,32,33)/t18?,19-,20-/m0/s1. The average molecular weight is 479 g/mol. The van der Waals surface area contributed by atoms with Gasteiger partial charge < -0.3 is 20.1 Å². The van der Waals surface area contributed by atoms with Crippen molar-refractivity contribution in [2.24, 2.45) is 11.8 Å². The molecule has 4 rings (SSSR count). The zero-order valence-electron chi connectivity index (χ0n) is 20.4. The second-order valence-corrected chi connectivity index (χ2v) is 9.76. The SMILES string of the molecule is CC(CCNC(=O)OCC1c2ccccc2-c2ccccc21)CC(=O)N1CCC[C@H](C(=O)O)[C@@H]1C. The minimum absolute atomic E-state index is 0.0166. The molecule has 2 aromatic carbocycles. The highest BCUT2D eigenvalue weighted by molar-refractivity contribution is 5.80. The second-order valence-electron chi connectivity index (χ2n) is 9.76. The number of rotatable bonds is 8. The van der Waals surface area contributed by atoms with E-state index in [4.69, 9.17) is 4.74 Å². The number of carbonyl (C=O) groups excluding carboxylic acids is 2. The van der Waals surface area contributed by atoms with Crippen LogP contribution in [0.4, 0.5) is 4.79 Å². The van der Waals surface area contributed by atoms with E-state index in [1.54, 1.807) is 4.90 Å². The molecule has 0 spiro atoms. The zero-order chi connectivity index (χ0) is 24.9. The molecule has 0 radical (unpaired) electrons. The van der Waals surface area contributed by atoms with Gasteiger partial charge in [0.25, 0.3) is 0 Å². The molecule has 2 aliphatic rings. The van der Waals surface area contributed by atoms with Crippen LogP contribution in [-0.2, 0) is 14.3 Å². The fraction of sp³-hybridized carbons (Fsp3) is 0.464. The molecule has 0 bridgehead atoms. The number of likely N-dealkylation sites (tertiary alicyclic amines) is 1. The second kappa shape index (κ2) is 10.9. The van der Waals surface area contributed by atoms with Crippen molar-refractivity contribution in [1.29, 1.82) is 0 Å². The molecule has 186 valence electrons. The first-order chi connectivity index (χ1) is 16.9. The van der Waals surface area contributed by atoms with Crippen LogP contribution in [0.5, 0.6) is 0 Å². The number of hydrogen-bond donors (Lipinski definition) is 2. The normalized spacial score (nSPS) is 20.0. The number of ether oxygens (including phenoxy) is 1. The summed E-state index contributed by atoms with van der Waals surface area (Å²) in [6.45, 7) is 5.08. The molecule has 1 unspecified atom stereocenters. The summed E-state index contributed by atoms with van der Waals surface area (Å²) in [6.07, 6.45) is 1.84. The summed E-state index contributed by atoms with van der Waals surface area (Å²) < 4.78 is 5.57. The monoisotopic (exact) mass is 478 g/mol. The van der Waals surface area contributed by atoms with Crippen molar-refractivity contribution in [2.75, 3.05) is 19.7 Å². The van der Waals surface area contributed by atoms with Gasteiger partial charge in [-0.2, -0.15) is 0 Å². The minimum atomic E-state index is -0.838. The summed E-state index contributed by atoms with van der Waals surface area (Å²) in [5, 5.41) is 12.2. The van der Waals surface area contributed by atoms with Crippen molar-refractivity contribution < 1.29 is 24.2 Å². The van der Waals surface area contributed by atoms with E-state index in [9.17, 15) is 19.5 Å². The number of aliphatic carboxylic acids is 1. The lowest BCUT2D eigenvalue weighted by molar-refractivity contribution is -0.149. The first-order valence-electron chi connectivity index (χ1n) is 12.5. The molecule has 1 heterocycles. The highest BCUT2D eigenvalue weighted by Gasteiger charge is 2.35. The van der Waals surface area contributed by atoms with E-state index in [0.717, 1.165) is 0 Å². The Balaban J connectivity index is 1.21. The predicted octanol–water partition coefficient (Wildman–Crippen LogP) is 4.65. The Morgan fingerprint density at radius 2 is 1.71 bits per heavy atom. The number of amides is 2. The molecular weight excluding hydrogens is 444 g/mol. The smallest absolute Gasteiger partial charge is 0.407 e. The van der Waals surface area contributed by atoms with Crippen molar-refractivity contribution in [3.63, 3.8) is 0 Å². The van der Waals surface area contributed by atoms with Crippen LogP contribution in [0.2, 0.25) is 0 Å². The summed E-state index contributed by atoms with van der Waals surface area (Å²) in [4.78, 5) is 38.2. The molecule has 2 N–H and O–H groups in total. The molecule has 2 aromatic rings. The Morgan fingerprint density at radius 1 is 1.09 bits per heavy atom. The van der Waals surface area contributed by atoms with Gasteiger partial charge in [0, 0.05) is 31.5 Å². The van der Waals surface area contributed by atoms with Crippen LogP contribution in [-0.4, -0.2) is 53.7 Å². The molecule has 1 aliphatic carbocycles. The third kappa shape index (κ3) is 5.50. The topological polar surface area (TPSA) is 95.9 Å².